The maximum atomic E-state index is 4.81. The molecule has 0 aromatic rings. The average molecular weight is 399 g/mol. The van der Waals surface area contributed by atoms with Crippen LogP contribution in [0.1, 0.15) is 162 Å². The summed E-state index contributed by atoms with van der Waals surface area (Å²) in [5.41, 5.74) is 0. The predicted octanol–water partition coefficient (Wildman–Crippen LogP) is 10.3. The molecule has 27 heavy (non-hydrogen) atoms. The van der Waals surface area contributed by atoms with Crippen molar-refractivity contribution in [1.29, 1.82) is 0 Å². The van der Waals surface area contributed by atoms with Crippen molar-refractivity contribution in [1.82, 2.24) is 0 Å². The van der Waals surface area contributed by atoms with E-state index in [1.807, 2.05) is 0 Å². The highest BCUT2D eigenvalue weighted by atomic mass is 32.1. The van der Waals surface area contributed by atoms with Crippen molar-refractivity contribution in [2.75, 3.05) is 0 Å². The molecule has 0 aromatic heterocycles. The summed E-state index contributed by atoms with van der Waals surface area (Å²) in [7, 11) is 0. The molecule has 0 heterocycles. The van der Waals surface area contributed by atoms with Crippen LogP contribution in [0.4, 0.5) is 0 Å². The van der Waals surface area contributed by atoms with Crippen LogP contribution in [0.2, 0.25) is 0 Å². The second-order valence-electron chi connectivity index (χ2n) is 8.95. The molecule has 1 atom stereocenters. The van der Waals surface area contributed by atoms with Crippen LogP contribution in [-0.2, 0) is 0 Å². The summed E-state index contributed by atoms with van der Waals surface area (Å²) < 4.78 is 0. The highest BCUT2D eigenvalue weighted by Gasteiger charge is 2.03. The van der Waals surface area contributed by atoms with Crippen molar-refractivity contribution in [2.45, 2.75) is 167 Å². The van der Waals surface area contributed by atoms with Gasteiger partial charge in [0, 0.05) is 5.25 Å². The Kier molecular flexibility index (Phi) is 24.7. The number of hydrogen-bond donors (Lipinski definition) is 1. The van der Waals surface area contributed by atoms with E-state index < -0.39 is 0 Å². The lowest BCUT2D eigenvalue weighted by Gasteiger charge is -2.10. The molecule has 1 unspecified atom stereocenters. The van der Waals surface area contributed by atoms with Crippen LogP contribution in [-0.4, -0.2) is 5.25 Å². The molecular weight excluding hydrogens is 344 g/mol. The lowest BCUT2D eigenvalue weighted by Crippen LogP contribution is -1.98. The first-order chi connectivity index (χ1) is 13.3. The van der Waals surface area contributed by atoms with E-state index >= 15 is 0 Å². The molecule has 164 valence electrons. The van der Waals surface area contributed by atoms with E-state index in [1.165, 1.54) is 148 Å². The first kappa shape index (κ1) is 27.4. The summed E-state index contributed by atoms with van der Waals surface area (Å²) in [5.74, 6) is 0. The van der Waals surface area contributed by atoms with Crippen LogP contribution >= 0.6 is 12.6 Å². The molecule has 0 aliphatic heterocycles. The SMILES string of the molecule is CCCCCCCCCCCCCCCC(S)CCCCCCCCCC. The minimum Gasteiger partial charge on any atom is -0.176 e. The highest BCUT2D eigenvalue weighted by Crippen LogP contribution is 2.18. The van der Waals surface area contributed by atoms with Crippen molar-refractivity contribution < 1.29 is 0 Å². The van der Waals surface area contributed by atoms with Gasteiger partial charge in [0.1, 0.15) is 0 Å². The topological polar surface area (TPSA) is 0 Å². The minimum absolute atomic E-state index is 0.665. The standard InChI is InChI=1S/C26H54S/c1-3-5-7-9-11-13-14-15-16-17-19-21-23-25-26(27)24-22-20-18-12-10-8-6-4-2/h26-27H,3-25H2,1-2H3. The van der Waals surface area contributed by atoms with E-state index in [1.54, 1.807) is 0 Å². The van der Waals surface area contributed by atoms with Crippen LogP contribution in [0, 0.1) is 0 Å². The van der Waals surface area contributed by atoms with E-state index in [0.29, 0.717) is 5.25 Å². The van der Waals surface area contributed by atoms with Crippen molar-refractivity contribution in [3.8, 4) is 0 Å². The quantitative estimate of drug-likeness (QED) is 0.128. The highest BCUT2D eigenvalue weighted by molar-refractivity contribution is 7.80. The Labute approximate surface area is 179 Å². The summed E-state index contributed by atoms with van der Waals surface area (Å²) >= 11 is 4.81. The predicted molar refractivity (Wildman–Crippen MR) is 130 cm³/mol. The molecule has 0 bridgehead atoms. The Morgan fingerprint density at radius 1 is 0.370 bits per heavy atom. The first-order valence-corrected chi connectivity index (χ1v) is 13.5. The van der Waals surface area contributed by atoms with Gasteiger partial charge in [0.2, 0.25) is 0 Å². The monoisotopic (exact) mass is 398 g/mol. The van der Waals surface area contributed by atoms with Gasteiger partial charge in [-0.05, 0) is 12.8 Å². The lowest BCUT2D eigenvalue weighted by molar-refractivity contribution is 0.523. The van der Waals surface area contributed by atoms with E-state index in [4.69, 9.17) is 12.6 Å². The fourth-order valence-corrected chi connectivity index (χ4v) is 4.42. The normalized spacial score (nSPS) is 12.6. The zero-order valence-corrected chi connectivity index (χ0v) is 20.2. The molecular formula is C26H54S. The number of thiol groups is 1. The van der Waals surface area contributed by atoms with Gasteiger partial charge in [-0.3, -0.25) is 0 Å². The largest absolute Gasteiger partial charge is 0.176 e. The number of rotatable bonds is 23. The maximum absolute atomic E-state index is 4.81. The Hall–Kier alpha value is 0.350. The van der Waals surface area contributed by atoms with Crippen LogP contribution in [0.5, 0.6) is 0 Å². The van der Waals surface area contributed by atoms with Gasteiger partial charge in [-0.15, -0.1) is 0 Å². The molecule has 0 saturated heterocycles. The van der Waals surface area contributed by atoms with E-state index in [0.717, 1.165) is 0 Å². The van der Waals surface area contributed by atoms with Crippen molar-refractivity contribution >= 4 is 12.6 Å². The summed E-state index contributed by atoms with van der Waals surface area (Å²) in [6.07, 6.45) is 33.0. The fourth-order valence-electron chi connectivity index (χ4n) is 4.06. The zero-order chi connectivity index (χ0) is 19.8. The Morgan fingerprint density at radius 2 is 0.593 bits per heavy atom. The Balaban J connectivity index is 3.11. The summed E-state index contributed by atoms with van der Waals surface area (Å²) in [5, 5.41) is 0.665. The van der Waals surface area contributed by atoms with Crippen molar-refractivity contribution in [3.05, 3.63) is 0 Å². The second-order valence-corrected chi connectivity index (χ2v) is 9.68. The van der Waals surface area contributed by atoms with Crippen molar-refractivity contribution in [3.63, 3.8) is 0 Å². The van der Waals surface area contributed by atoms with E-state index in [9.17, 15) is 0 Å². The first-order valence-electron chi connectivity index (χ1n) is 13.0. The van der Waals surface area contributed by atoms with E-state index in [-0.39, 0.29) is 0 Å². The molecule has 0 fully saturated rings. The van der Waals surface area contributed by atoms with Gasteiger partial charge in [-0.2, -0.15) is 12.6 Å². The van der Waals surface area contributed by atoms with Crippen molar-refractivity contribution in [2.24, 2.45) is 0 Å². The van der Waals surface area contributed by atoms with Crippen LogP contribution in [0.25, 0.3) is 0 Å². The Bertz CT molecular complexity index is 251. The molecule has 0 saturated carbocycles. The molecule has 0 N–H and O–H groups in total. The van der Waals surface area contributed by atoms with Gasteiger partial charge in [-0.25, -0.2) is 0 Å². The minimum atomic E-state index is 0.665. The molecule has 0 aliphatic rings. The smallest absolute Gasteiger partial charge is 0.00168 e. The third kappa shape index (κ3) is 24.3. The molecule has 0 spiro atoms. The molecule has 0 rings (SSSR count). The molecule has 0 aliphatic carbocycles. The maximum Gasteiger partial charge on any atom is 0.00168 e. The lowest BCUT2D eigenvalue weighted by atomic mass is 10.0. The third-order valence-electron chi connectivity index (χ3n) is 6.03. The van der Waals surface area contributed by atoms with Crippen LogP contribution in [0.3, 0.4) is 0 Å². The van der Waals surface area contributed by atoms with Gasteiger partial charge in [0.15, 0.2) is 0 Å². The van der Waals surface area contributed by atoms with Gasteiger partial charge in [0.05, 0.1) is 0 Å². The molecule has 0 amide bonds. The zero-order valence-electron chi connectivity index (χ0n) is 19.3. The van der Waals surface area contributed by atoms with Crippen LogP contribution in [0.15, 0.2) is 0 Å². The molecule has 0 aromatic carbocycles. The molecule has 0 nitrogen and oxygen atoms in total. The van der Waals surface area contributed by atoms with Crippen LogP contribution < -0.4 is 0 Å². The Morgan fingerprint density at radius 3 is 0.852 bits per heavy atom. The molecule has 0 radical (unpaired) electrons. The summed E-state index contributed by atoms with van der Waals surface area (Å²) in [6.45, 7) is 4.60. The van der Waals surface area contributed by atoms with E-state index in [2.05, 4.69) is 13.8 Å². The number of hydrogen-bond acceptors (Lipinski definition) is 1. The van der Waals surface area contributed by atoms with Gasteiger partial charge in [0.25, 0.3) is 0 Å². The average Bonchev–Trinajstić information content (AvgIpc) is 2.67. The van der Waals surface area contributed by atoms with Gasteiger partial charge >= 0.3 is 0 Å². The van der Waals surface area contributed by atoms with Gasteiger partial charge in [-0.1, -0.05) is 149 Å². The second kappa shape index (κ2) is 24.4. The number of unbranched alkanes of at least 4 members (excludes halogenated alkanes) is 19. The molecule has 1 heteroatoms. The summed E-state index contributed by atoms with van der Waals surface area (Å²) in [4.78, 5) is 0. The summed E-state index contributed by atoms with van der Waals surface area (Å²) in [6, 6.07) is 0. The fraction of sp³-hybridized carbons (Fsp3) is 1.00. The third-order valence-corrected chi connectivity index (χ3v) is 6.55. The van der Waals surface area contributed by atoms with Gasteiger partial charge < -0.3 is 0 Å².